The molecule has 1 N–H and O–H groups in total. The fourth-order valence-corrected chi connectivity index (χ4v) is 3.00. The third kappa shape index (κ3) is 4.59. The van der Waals surface area contributed by atoms with Crippen LogP contribution in [0.25, 0.3) is 17.4 Å². The average Bonchev–Trinajstić information content (AvgIpc) is 3.45. The number of rotatable bonds is 6. The molecule has 0 saturated carbocycles. The first-order chi connectivity index (χ1) is 14.6. The van der Waals surface area contributed by atoms with E-state index in [1.165, 1.54) is 12.3 Å². The van der Waals surface area contributed by atoms with Crippen LogP contribution in [0.5, 0.6) is 0 Å². The number of ketones is 1. The summed E-state index contributed by atoms with van der Waals surface area (Å²) >= 11 is 6.01. The lowest BCUT2D eigenvalue weighted by Crippen LogP contribution is -2.10. The van der Waals surface area contributed by atoms with Crippen molar-refractivity contribution in [1.29, 1.82) is 0 Å². The summed E-state index contributed by atoms with van der Waals surface area (Å²) in [5.41, 5.74) is 1.92. The lowest BCUT2D eigenvalue weighted by Gasteiger charge is -2.03. The molecule has 2 aromatic carbocycles. The summed E-state index contributed by atoms with van der Waals surface area (Å²) in [5, 5.41) is 3.33. The van der Waals surface area contributed by atoms with E-state index in [0.717, 1.165) is 5.56 Å². The van der Waals surface area contributed by atoms with Crippen molar-refractivity contribution in [2.75, 3.05) is 5.32 Å². The van der Waals surface area contributed by atoms with Gasteiger partial charge in [-0.25, -0.2) is 0 Å². The van der Waals surface area contributed by atoms with Gasteiger partial charge in [-0.2, -0.15) is 0 Å². The van der Waals surface area contributed by atoms with Crippen LogP contribution in [-0.2, 0) is 0 Å². The highest BCUT2D eigenvalue weighted by molar-refractivity contribution is 6.30. The standard InChI is InChI=1S/C24H16ClNO4/c25-18-4-1-3-17(15-18)22-13-11-20(30-22)10-12-21(27)16-6-8-19(9-7-16)26-24(28)23-5-2-14-29-23/h1-15H,(H,26,28). The maximum atomic E-state index is 12.4. The summed E-state index contributed by atoms with van der Waals surface area (Å²) in [6.07, 6.45) is 4.49. The predicted molar refractivity (Wildman–Crippen MR) is 116 cm³/mol. The van der Waals surface area contributed by atoms with E-state index < -0.39 is 0 Å². The van der Waals surface area contributed by atoms with E-state index in [9.17, 15) is 9.59 Å². The van der Waals surface area contributed by atoms with Gasteiger partial charge in [-0.05, 0) is 72.8 Å². The van der Waals surface area contributed by atoms with Crippen molar-refractivity contribution >= 4 is 35.1 Å². The topological polar surface area (TPSA) is 72.5 Å². The molecular formula is C24H16ClNO4. The number of carbonyl (C=O) groups is 2. The first-order valence-corrected chi connectivity index (χ1v) is 9.49. The Labute approximate surface area is 177 Å². The van der Waals surface area contributed by atoms with Crippen LogP contribution in [0.4, 0.5) is 5.69 Å². The van der Waals surface area contributed by atoms with Crippen molar-refractivity contribution in [1.82, 2.24) is 0 Å². The summed E-state index contributed by atoms with van der Waals surface area (Å²) in [6.45, 7) is 0. The van der Waals surface area contributed by atoms with Gasteiger partial charge in [0.25, 0.3) is 5.91 Å². The Morgan fingerprint density at radius 2 is 1.77 bits per heavy atom. The van der Waals surface area contributed by atoms with Crippen LogP contribution in [0.1, 0.15) is 26.7 Å². The van der Waals surface area contributed by atoms with Crippen molar-refractivity contribution in [2.45, 2.75) is 0 Å². The third-order valence-corrected chi connectivity index (χ3v) is 4.54. The summed E-state index contributed by atoms with van der Waals surface area (Å²) < 4.78 is 10.8. The second-order valence-corrected chi connectivity index (χ2v) is 6.86. The molecular weight excluding hydrogens is 402 g/mol. The fraction of sp³-hybridized carbons (Fsp3) is 0. The molecule has 0 unspecified atom stereocenters. The molecule has 4 rings (SSSR count). The predicted octanol–water partition coefficient (Wildman–Crippen LogP) is 6.34. The molecule has 5 nitrogen and oxygen atoms in total. The zero-order valence-corrected chi connectivity index (χ0v) is 16.4. The Bertz CT molecular complexity index is 1200. The normalized spacial score (nSPS) is 11.0. The first kappa shape index (κ1) is 19.5. The highest BCUT2D eigenvalue weighted by Crippen LogP contribution is 2.25. The van der Waals surface area contributed by atoms with Gasteiger partial charge >= 0.3 is 0 Å². The molecule has 0 aliphatic heterocycles. The molecule has 4 aromatic rings. The van der Waals surface area contributed by atoms with Crippen LogP contribution in [0.3, 0.4) is 0 Å². The Balaban J connectivity index is 1.40. The van der Waals surface area contributed by atoms with Crippen LogP contribution < -0.4 is 5.32 Å². The van der Waals surface area contributed by atoms with Crippen molar-refractivity contribution in [3.8, 4) is 11.3 Å². The summed E-state index contributed by atoms with van der Waals surface area (Å²) in [5.74, 6) is 0.905. The van der Waals surface area contributed by atoms with Crippen LogP contribution in [0, 0.1) is 0 Å². The van der Waals surface area contributed by atoms with Crippen LogP contribution in [-0.4, -0.2) is 11.7 Å². The SMILES string of the molecule is O=C(C=Cc1ccc(-c2cccc(Cl)c2)o1)c1ccc(NC(=O)c2ccco2)cc1. The number of carbonyl (C=O) groups excluding carboxylic acids is 2. The Morgan fingerprint density at radius 1 is 0.933 bits per heavy atom. The Hall–Kier alpha value is -3.83. The van der Waals surface area contributed by atoms with E-state index in [-0.39, 0.29) is 17.5 Å². The molecule has 0 aliphatic carbocycles. The van der Waals surface area contributed by atoms with E-state index in [2.05, 4.69) is 5.32 Å². The molecule has 6 heteroatoms. The average molecular weight is 418 g/mol. The minimum absolute atomic E-state index is 0.181. The van der Waals surface area contributed by atoms with Gasteiger partial charge in [0, 0.05) is 21.8 Å². The van der Waals surface area contributed by atoms with E-state index in [0.29, 0.717) is 27.8 Å². The number of furan rings is 2. The monoisotopic (exact) mass is 417 g/mol. The lowest BCUT2D eigenvalue weighted by molar-refractivity contribution is 0.0996. The molecule has 0 fully saturated rings. The minimum atomic E-state index is -0.354. The molecule has 0 atom stereocenters. The second-order valence-electron chi connectivity index (χ2n) is 6.42. The van der Waals surface area contributed by atoms with Gasteiger partial charge < -0.3 is 14.2 Å². The largest absolute Gasteiger partial charge is 0.459 e. The molecule has 0 aliphatic rings. The quantitative estimate of drug-likeness (QED) is 0.293. The maximum Gasteiger partial charge on any atom is 0.291 e. The van der Waals surface area contributed by atoms with Gasteiger partial charge in [-0.1, -0.05) is 23.7 Å². The lowest BCUT2D eigenvalue weighted by atomic mass is 10.1. The summed E-state index contributed by atoms with van der Waals surface area (Å²) in [6, 6.07) is 20.8. The molecule has 0 bridgehead atoms. The van der Waals surface area contributed by atoms with Gasteiger partial charge in [-0.3, -0.25) is 9.59 Å². The zero-order valence-electron chi connectivity index (χ0n) is 15.7. The van der Waals surface area contributed by atoms with Gasteiger partial charge in [0.05, 0.1) is 6.26 Å². The molecule has 0 saturated heterocycles. The number of nitrogens with one attached hydrogen (secondary N) is 1. The van der Waals surface area contributed by atoms with Crippen LogP contribution >= 0.6 is 11.6 Å². The summed E-state index contributed by atoms with van der Waals surface area (Å²) in [4.78, 5) is 24.4. The number of hydrogen-bond acceptors (Lipinski definition) is 4. The zero-order chi connectivity index (χ0) is 20.9. The van der Waals surface area contributed by atoms with Gasteiger partial charge in [0.1, 0.15) is 11.5 Å². The molecule has 30 heavy (non-hydrogen) atoms. The molecule has 0 spiro atoms. The number of benzene rings is 2. The summed E-state index contributed by atoms with van der Waals surface area (Å²) in [7, 11) is 0. The van der Waals surface area contributed by atoms with Crippen molar-refractivity contribution in [3.63, 3.8) is 0 Å². The van der Waals surface area contributed by atoms with Crippen LogP contribution in [0.2, 0.25) is 5.02 Å². The number of allylic oxidation sites excluding steroid dienone is 1. The van der Waals surface area contributed by atoms with Crippen molar-refractivity contribution in [3.05, 3.63) is 107 Å². The first-order valence-electron chi connectivity index (χ1n) is 9.11. The van der Waals surface area contributed by atoms with Crippen molar-refractivity contribution in [2.24, 2.45) is 0 Å². The second kappa shape index (κ2) is 8.68. The smallest absolute Gasteiger partial charge is 0.291 e. The number of halogens is 1. The third-order valence-electron chi connectivity index (χ3n) is 4.31. The van der Waals surface area contributed by atoms with E-state index in [1.54, 1.807) is 54.6 Å². The van der Waals surface area contributed by atoms with Gasteiger partial charge in [-0.15, -0.1) is 0 Å². The Kier molecular flexibility index (Phi) is 5.63. The maximum absolute atomic E-state index is 12.4. The highest BCUT2D eigenvalue weighted by atomic mass is 35.5. The van der Waals surface area contributed by atoms with Gasteiger partial charge in [0.2, 0.25) is 0 Å². The molecule has 0 radical (unpaired) electrons. The number of hydrogen-bond donors (Lipinski definition) is 1. The highest BCUT2D eigenvalue weighted by Gasteiger charge is 2.09. The van der Waals surface area contributed by atoms with Crippen LogP contribution in [0.15, 0.2) is 94.0 Å². The number of amides is 1. The Morgan fingerprint density at radius 3 is 2.50 bits per heavy atom. The molecule has 2 aromatic heterocycles. The van der Waals surface area contributed by atoms with Crippen molar-refractivity contribution < 1.29 is 18.4 Å². The minimum Gasteiger partial charge on any atom is -0.459 e. The molecule has 148 valence electrons. The molecule has 1 amide bonds. The van der Waals surface area contributed by atoms with E-state index >= 15 is 0 Å². The van der Waals surface area contributed by atoms with Gasteiger partial charge in [0.15, 0.2) is 11.5 Å². The molecule has 2 heterocycles. The van der Waals surface area contributed by atoms with E-state index in [4.69, 9.17) is 20.4 Å². The number of anilines is 1. The van der Waals surface area contributed by atoms with E-state index in [1.807, 2.05) is 24.3 Å². The fourth-order valence-electron chi connectivity index (χ4n) is 2.81.